The summed E-state index contributed by atoms with van der Waals surface area (Å²) in [6, 6.07) is 4.23. The Balaban J connectivity index is 2.55. The lowest BCUT2D eigenvalue weighted by Crippen LogP contribution is -2.19. The van der Waals surface area contributed by atoms with Gasteiger partial charge in [-0.15, -0.1) is 0 Å². The molecule has 3 nitrogen and oxygen atoms in total. The number of nitrogens with two attached hydrogens (primary N) is 1. The molecule has 0 aliphatic heterocycles. The maximum absolute atomic E-state index is 11.7. The number of alkyl halides is 3. The number of ether oxygens (including phenoxy) is 1. The third-order valence-electron chi connectivity index (χ3n) is 1.13. The summed E-state index contributed by atoms with van der Waals surface area (Å²) in [5.74, 6) is -0.00278. The second-order valence-electron chi connectivity index (χ2n) is 2.30. The van der Waals surface area contributed by atoms with Crippen LogP contribution in [-0.4, -0.2) is 17.8 Å². The lowest BCUT2D eigenvalue weighted by molar-refractivity contribution is -0.154. The number of rotatable bonds is 2. The molecule has 0 fully saturated rings. The van der Waals surface area contributed by atoms with Crippen molar-refractivity contribution in [3.63, 3.8) is 0 Å². The van der Waals surface area contributed by atoms with Crippen LogP contribution < -0.4 is 10.5 Å². The maximum atomic E-state index is 11.7. The van der Waals surface area contributed by atoms with Gasteiger partial charge < -0.3 is 10.5 Å². The van der Waals surface area contributed by atoms with Gasteiger partial charge in [0.1, 0.15) is 5.82 Å². The van der Waals surface area contributed by atoms with Gasteiger partial charge in [-0.05, 0) is 6.07 Å². The molecular formula is C7H7F3N2O. The molecular weight excluding hydrogens is 185 g/mol. The average Bonchev–Trinajstić information content (AvgIpc) is 2.00. The molecule has 0 amide bonds. The standard InChI is InChI=1S/C7H7F3N2O/c8-7(9,10)4-13-6-3-1-2-5(11)12-6/h1-3H,4H2,(H2,11,12). The first-order valence-corrected chi connectivity index (χ1v) is 3.39. The monoisotopic (exact) mass is 192 g/mol. The Morgan fingerprint density at radius 1 is 1.38 bits per heavy atom. The van der Waals surface area contributed by atoms with E-state index in [9.17, 15) is 13.2 Å². The Hall–Kier alpha value is -1.46. The third kappa shape index (κ3) is 3.64. The molecule has 0 aliphatic rings. The molecule has 6 heteroatoms. The van der Waals surface area contributed by atoms with E-state index < -0.39 is 12.8 Å². The van der Waals surface area contributed by atoms with Gasteiger partial charge >= 0.3 is 6.18 Å². The van der Waals surface area contributed by atoms with Gasteiger partial charge in [0.25, 0.3) is 0 Å². The van der Waals surface area contributed by atoms with Gasteiger partial charge in [0.05, 0.1) is 0 Å². The Morgan fingerprint density at radius 3 is 2.62 bits per heavy atom. The smallest absolute Gasteiger partial charge is 0.422 e. The lowest BCUT2D eigenvalue weighted by atomic mass is 10.4. The molecule has 13 heavy (non-hydrogen) atoms. The van der Waals surface area contributed by atoms with Crippen molar-refractivity contribution in [1.29, 1.82) is 0 Å². The third-order valence-corrected chi connectivity index (χ3v) is 1.13. The highest BCUT2D eigenvalue weighted by Crippen LogP contribution is 2.17. The fraction of sp³-hybridized carbons (Fsp3) is 0.286. The zero-order chi connectivity index (χ0) is 9.90. The summed E-state index contributed by atoms with van der Waals surface area (Å²) < 4.78 is 39.3. The second-order valence-corrected chi connectivity index (χ2v) is 2.30. The molecule has 2 N–H and O–H groups in total. The van der Waals surface area contributed by atoms with Crippen LogP contribution in [0.5, 0.6) is 5.88 Å². The van der Waals surface area contributed by atoms with E-state index in [0.717, 1.165) is 0 Å². The van der Waals surface area contributed by atoms with Crippen LogP contribution in [0.3, 0.4) is 0 Å². The van der Waals surface area contributed by atoms with Crippen LogP contribution in [0.15, 0.2) is 18.2 Å². The highest BCUT2D eigenvalue weighted by molar-refractivity contribution is 5.31. The highest BCUT2D eigenvalue weighted by atomic mass is 19.4. The van der Waals surface area contributed by atoms with Crippen molar-refractivity contribution < 1.29 is 17.9 Å². The second kappa shape index (κ2) is 3.51. The normalized spacial score (nSPS) is 11.3. The number of halogens is 3. The van der Waals surface area contributed by atoms with Gasteiger partial charge in [0, 0.05) is 6.07 Å². The van der Waals surface area contributed by atoms with Gasteiger partial charge in [-0.2, -0.15) is 18.2 Å². The van der Waals surface area contributed by atoms with Gasteiger partial charge in [-0.25, -0.2) is 0 Å². The van der Waals surface area contributed by atoms with E-state index in [1.165, 1.54) is 18.2 Å². The Morgan fingerprint density at radius 2 is 2.08 bits per heavy atom. The summed E-state index contributed by atoms with van der Waals surface area (Å²) in [6.45, 7) is -1.36. The van der Waals surface area contributed by atoms with Crippen molar-refractivity contribution in [3.05, 3.63) is 18.2 Å². The predicted molar refractivity (Wildman–Crippen MR) is 40.2 cm³/mol. The topological polar surface area (TPSA) is 48.1 Å². The van der Waals surface area contributed by atoms with Gasteiger partial charge in [-0.3, -0.25) is 0 Å². The van der Waals surface area contributed by atoms with E-state index in [-0.39, 0.29) is 11.7 Å². The molecule has 1 aromatic rings. The summed E-state index contributed by atoms with van der Waals surface area (Å²) in [5.41, 5.74) is 5.23. The van der Waals surface area contributed by atoms with Gasteiger partial charge in [-0.1, -0.05) is 6.07 Å². The van der Waals surface area contributed by atoms with Crippen LogP contribution in [0.25, 0.3) is 0 Å². The number of nitrogen functional groups attached to an aromatic ring is 1. The molecule has 72 valence electrons. The number of aromatic nitrogens is 1. The quantitative estimate of drug-likeness (QED) is 0.774. The van der Waals surface area contributed by atoms with E-state index >= 15 is 0 Å². The minimum Gasteiger partial charge on any atom is -0.468 e. The van der Waals surface area contributed by atoms with E-state index in [1.807, 2.05) is 0 Å². The Bertz CT molecular complexity index is 287. The molecule has 1 rings (SSSR count). The minimum atomic E-state index is -4.35. The zero-order valence-electron chi connectivity index (χ0n) is 6.51. The largest absolute Gasteiger partial charge is 0.468 e. The van der Waals surface area contributed by atoms with E-state index in [1.54, 1.807) is 0 Å². The van der Waals surface area contributed by atoms with Crippen molar-refractivity contribution in [2.45, 2.75) is 6.18 Å². The lowest BCUT2D eigenvalue weighted by Gasteiger charge is -2.07. The molecule has 0 radical (unpaired) electrons. The molecule has 0 saturated carbocycles. The van der Waals surface area contributed by atoms with E-state index in [0.29, 0.717) is 0 Å². The zero-order valence-corrected chi connectivity index (χ0v) is 6.51. The molecule has 0 unspecified atom stereocenters. The van der Waals surface area contributed by atoms with Crippen LogP contribution in [0.4, 0.5) is 19.0 Å². The summed E-state index contributed by atoms with van der Waals surface area (Å²) >= 11 is 0. The number of anilines is 1. The first-order valence-electron chi connectivity index (χ1n) is 3.39. The minimum absolute atomic E-state index is 0.125. The number of pyridine rings is 1. The fourth-order valence-corrected chi connectivity index (χ4v) is 0.667. The molecule has 0 bridgehead atoms. The molecule has 0 atom stereocenters. The molecule has 0 aliphatic carbocycles. The SMILES string of the molecule is Nc1cccc(OCC(F)(F)F)n1. The fourth-order valence-electron chi connectivity index (χ4n) is 0.667. The van der Waals surface area contributed by atoms with Crippen LogP contribution >= 0.6 is 0 Å². The highest BCUT2D eigenvalue weighted by Gasteiger charge is 2.28. The van der Waals surface area contributed by atoms with Gasteiger partial charge in [0.2, 0.25) is 5.88 Å². The van der Waals surface area contributed by atoms with Crippen molar-refractivity contribution in [2.75, 3.05) is 12.3 Å². The number of hydrogen-bond acceptors (Lipinski definition) is 3. The van der Waals surface area contributed by atoms with Crippen molar-refractivity contribution in [2.24, 2.45) is 0 Å². The van der Waals surface area contributed by atoms with Gasteiger partial charge in [0.15, 0.2) is 6.61 Å². The summed E-state index contributed by atoms with van der Waals surface area (Å²) in [6.07, 6.45) is -4.35. The van der Waals surface area contributed by atoms with Crippen molar-refractivity contribution in [3.8, 4) is 5.88 Å². The Kier molecular flexibility index (Phi) is 2.60. The maximum Gasteiger partial charge on any atom is 0.422 e. The van der Waals surface area contributed by atoms with E-state index in [4.69, 9.17) is 5.73 Å². The summed E-state index contributed by atoms with van der Waals surface area (Å²) in [5, 5.41) is 0. The van der Waals surface area contributed by atoms with Crippen LogP contribution in [0.1, 0.15) is 0 Å². The molecule has 1 aromatic heterocycles. The van der Waals surface area contributed by atoms with Crippen molar-refractivity contribution in [1.82, 2.24) is 4.98 Å². The summed E-state index contributed by atoms with van der Waals surface area (Å²) in [7, 11) is 0. The average molecular weight is 192 g/mol. The molecule has 0 spiro atoms. The van der Waals surface area contributed by atoms with Crippen molar-refractivity contribution >= 4 is 5.82 Å². The first-order chi connectivity index (χ1) is 5.97. The predicted octanol–water partition coefficient (Wildman–Crippen LogP) is 1.60. The molecule has 1 heterocycles. The van der Waals surface area contributed by atoms with Crippen LogP contribution in [-0.2, 0) is 0 Å². The van der Waals surface area contributed by atoms with Crippen LogP contribution in [0, 0.1) is 0 Å². The summed E-state index contributed by atoms with van der Waals surface area (Å²) in [4.78, 5) is 3.53. The first kappa shape index (κ1) is 9.63. The molecule has 0 saturated heterocycles. The molecule has 0 aromatic carbocycles. The van der Waals surface area contributed by atoms with E-state index in [2.05, 4.69) is 9.72 Å². The number of hydrogen-bond donors (Lipinski definition) is 1. The Labute approximate surface area is 72.3 Å². The van der Waals surface area contributed by atoms with Crippen LogP contribution in [0.2, 0.25) is 0 Å². The number of nitrogens with zero attached hydrogens (tertiary/aromatic N) is 1.